The first-order valence-electron chi connectivity index (χ1n) is 10.1. The summed E-state index contributed by atoms with van der Waals surface area (Å²) in [5, 5.41) is 0.328. The number of ether oxygens (including phenoxy) is 3. The largest absolute Gasteiger partial charge is 0.495 e. The monoisotopic (exact) mass is 475 g/mol. The maximum absolute atomic E-state index is 13.7. The average molecular weight is 476 g/mol. The van der Waals surface area contributed by atoms with Crippen molar-refractivity contribution in [1.82, 2.24) is 0 Å². The lowest BCUT2D eigenvalue weighted by Crippen LogP contribution is -2.33. The highest BCUT2D eigenvalue weighted by Crippen LogP contribution is 2.40. The van der Waals surface area contributed by atoms with Gasteiger partial charge in [0, 0.05) is 18.7 Å². The fourth-order valence-corrected chi connectivity index (χ4v) is 4.98. The van der Waals surface area contributed by atoms with Gasteiger partial charge in [-0.25, -0.2) is 8.42 Å². The van der Waals surface area contributed by atoms with Crippen LogP contribution < -0.4 is 18.5 Å². The number of benzene rings is 3. The third-order valence-corrected chi connectivity index (χ3v) is 7.01. The topological polar surface area (TPSA) is 65.1 Å². The Kier molecular flexibility index (Phi) is 7.88. The zero-order valence-corrected chi connectivity index (χ0v) is 19.8. The molecule has 0 radical (unpaired) electrons. The van der Waals surface area contributed by atoms with Crippen LogP contribution in [0.1, 0.15) is 12.5 Å². The molecule has 0 aliphatic carbocycles. The number of nitrogens with zero attached hydrogens (tertiary/aromatic N) is 1. The molecule has 0 aromatic heterocycles. The van der Waals surface area contributed by atoms with Gasteiger partial charge in [0.1, 0.15) is 17.2 Å². The molecule has 8 heteroatoms. The first kappa shape index (κ1) is 23.8. The molecule has 3 rings (SSSR count). The van der Waals surface area contributed by atoms with Crippen molar-refractivity contribution < 1.29 is 22.6 Å². The molecule has 170 valence electrons. The Balaban J connectivity index is 2.08. The van der Waals surface area contributed by atoms with E-state index in [0.717, 1.165) is 5.56 Å². The Labute approximate surface area is 194 Å². The van der Waals surface area contributed by atoms with Gasteiger partial charge in [0.2, 0.25) is 0 Å². The van der Waals surface area contributed by atoms with Gasteiger partial charge in [0.25, 0.3) is 10.0 Å². The Hall–Kier alpha value is -2.90. The van der Waals surface area contributed by atoms with Gasteiger partial charge in [0.05, 0.1) is 36.4 Å². The Bertz CT molecular complexity index is 1140. The number of rotatable bonds is 10. The quantitative estimate of drug-likeness (QED) is 0.403. The second kappa shape index (κ2) is 10.6. The van der Waals surface area contributed by atoms with Crippen molar-refractivity contribution in [2.24, 2.45) is 0 Å². The van der Waals surface area contributed by atoms with Crippen molar-refractivity contribution in [2.45, 2.75) is 18.2 Å². The van der Waals surface area contributed by atoms with Crippen molar-refractivity contribution >= 4 is 27.3 Å². The van der Waals surface area contributed by atoms with Crippen LogP contribution >= 0.6 is 11.6 Å². The average Bonchev–Trinajstić information content (AvgIpc) is 2.81. The molecule has 0 N–H and O–H groups in total. The smallest absolute Gasteiger partial charge is 0.264 e. The molecule has 0 unspecified atom stereocenters. The summed E-state index contributed by atoms with van der Waals surface area (Å²) in [6.07, 6.45) is 0.505. The molecule has 3 aromatic carbocycles. The van der Waals surface area contributed by atoms with E-state index >= 15 is 0 Å². The molecule has 0 saturated carbocycles. The van der Waals surface area contributed by atoms with E-state index in [1.807, 2.05) is 37.3 Å². The molecule has 0 fully saturated rings. The molecule has 0 aliphatic heterocycles. The highest BCUT2D eigenvalue weighted by molar-refractivity contribution is 7.92. The zero-order chi connectivity index (χ0) is 23.1. The van der Waals surface area contributed by atoms with Gasteiger partial charge in [0.15, 0.2) is 0 Å². The van der Waals surface area contributed by atoms with Gasteiger partial charge < -0.3 is 14.2 Å². The molecular formula is C24H26ClNO5S. The predicted octanol–water partition coefficient (Wildman–Crippen LogP) is 5.19. The fourth-order valence-electron chi connectivity index (χ4n) is 3.29. The molecular weight excluding hydrogens is 450 g/mol. The Morgan fingerprint density at radius 1 is 0.906 bits per heavy atom. The van der Waals surface area contributed by atoms with Crippen LogP contribution in [-0.2, 0) is 16.4 Å². The summed E-state index contributed by atoms with van der Waals surface area (Å²) in [7, 11) is -0.976. The highest BCUT2D eigenvalue weighted by Gasteiger charge is 2.28. The maximum atomic E-state index is 13.7. The summed E-state index contributed by atoms with van der Waals surface area (Å²) in [5.74, 6) is 1.29. The van der Waals surface area contributed by atoms with Crippen LogP contribution in [0.3, 0.4) is 0 Å². The van der Waals surface area contributed by atoms with Crippen LogP contribution in [0.4, 0.5) is 5.69 Å². The van der Waals surface area contributed by atoms with E-state index in [0.29, 0.717) is 41.0 Å². The highest BCUT2D eigenvalue weighted by atomic mass is 35.5. The van der Waals surface area contributed by atoms with Crippen LogP contribution in [0.5, 0.6) is 17.2 Å². The Morgan fingerprint density at radius 2 is 1.56 bits per heavy atom. The van der Waals surface area contributed by atoms with Crippen molar-refractivity contribution in [1.29, 1.82) is 0 Å². The number of anilines is 1. The Morgan fingerprint density at radius 3 is 2.16 bits per heavy atom. The number of sulfonamides is 1. The van der Waals surface area contributed by atoms with E-state index in [4.69, 9.17) is 25.8 Å². The van der Waals surface area contributed by atoms with E-state index in [9.17, 15) is 8.42 Å². The maximum Gasteiger partial charge on any atom is 0.264 e. The minimum Gasteiger partial charge on any atom is -0.495 e. The van der Waals surface area contributed by atoms with Crippen LogP contribution in [-0.4, -0.2) is 35.8 Å². The first-order chi connectivity index (χ1) is 15.4. The van der Waals surface area contributed by atoms with Crippen LogP contribution in [0.2, 0.25) is 5.02 Å². The van der Waals surface area contributed by atoms with Crippen molar-refractivity contribution in [3.63, 3.8) is 0 Å². The van der Waals surface area contributed by atoms with Gasteiger partial charge in [-0.1, -0.05) is 41.9 Å². The summed E-state index contributed by atoms with van der Waals surface area (Å²) >= 11 is 6.25. The second-order valence-corrected chi connectivity index (χ2v) is 9.15. The lowest BCUT2D eigenvalue weighted by atomic mass is 10.1. The zero-order valence-electron chi connectivity index (χ0n) is 18.2. The number of hydrogen-bond donors (Lipinski definition) is 0. The van der Waals surface area contributed by atoms with E-state index in [1.165, 1.54) is 30.7 Å². The minimum absolute atomic E-state index is 0.144. The third-order valence-electron chi connectivity index (χ3n) is 4.89. The number of halogens is 1. The molecule has 3 aromatic rings. The second-order valence-electron chi connectivity index (χ2n) is 6.88. The summed E-state index contributed by atoms with van der Waals surface area (Å²) in [4.78, 5) is 0.144. The van der Waals surface area contributed by atoms with Gasteiger partial charge >= 0.3 is 0 Å². The first-order valence-corrected chi connectivity index (χ1v) is 11.9. The fraction of sp³-hybridized carbons (Fsp3) is 0.250. The standard InChI is InChI=1S/C24H26ClNO5S/c1-4-31-19-10-12-20(13-11-19)32(27,28)26(15-14-18-8-6-5-7-9-18)22-17-23(29-2)21(25)16-24(22)30-3/h5-13,16-17H,4,14-15H2,1-3H3. The van der Waals surface area contributed by atoms with Crippen molar-refractivity contribution in [3.05, 3.63) is 77.3 Å². The molecule has 32 heavy (non-hydrogen) atoms. The molecule has 0 amide bonds. The van der Waals surface area contributed by atoms with Gasteiger partial charge in [-0.2, -0.15) is 0 Å². The lowest BCUT2D eigenvalue weighted by Gasteiger charge is -2.27. The summed E-state index contributed by atoms with van der Waals surface area (Å²) in [6, 6.07) is 19.2. The summed E-state index contributed by atoms with van der Waals surface area (Å²) < 4.78 is 45.0. The molecule has 0 heterocycles. The normalized spacial score (nSPS) is 11.1. The van der Waals surface area contributed by atoms with Gasteiger partial charge in [-0.3, -0.25) is 4.31 Å². The van der Waals surface area contributed by atoms with Crippen LogP contribution in [0.15, 0.2) is 71.6 Å². The summed E-state index contributed by atoms with van der Waals surface area (Å²) in [5.41, 5.74) is 1.36. The SMILES string of the molecule is CCOc1ccc(S(=O)(=O)N(CCc2ccccc2)c2cc(OC)c(Cl)cc2OC)cc1. The summed E-state index contributed by atoms with van der Waals surface area (Å²) in [6.45, 7) is 2.56. The predicted molar refractivity (Wildman–Crippen MR) is 127 cm³/mol. The van der Waals surface area contributed by atoms with E-state index < -0.39 is 10.0 Å². The van der Waals surface area contributed by atoms with Crippen molar-refractivity contribution in [2.75, 3.05) is 31.7 Å². The van der Waals surface area contributed by atoms with Crippen molar-refractivity contribution in [3.8, 4) is 17.2 Å². The van der Waals surface area contributed by atoms with Gasteiger partial charge in [-0.05, 0) is 43.2 Å². The van der Waals surface area contributed by atoms with E-state index in [1.54, 1.807) is 24.3 Å². The molecule has 0 aliphatic rings. The van der Waals surface area contributed by atoms with E-state index in [-0.39, 0.29) is 11.4 Å². The minimum atomic E-state index is -3.93. The molecule has 6 nitrogen and oxygen atoms in total. The lowest BCUT2D eigenvalue weighted by molar-refractivity contribution is 0.340. The van der Waals surface area contributed by atoms with Crippen LogP contribution in [0, 0.1) is 0 Å². The van der Waals surface area contributed by atoms with Crippen LogP contribution in [0.25, 0.3) is 0 Å². The van der Waals surface area contributed by atoms with E-state index in [2.05, 4.69) is 0 Å². The van der Waals surface area contributed by atoms with Gasteiger partial charge in [-0.15, -0.1) is 0 Å². The molecule has 0 saturated heterocycles. The number of methoxy groups -OCH3 is 2. The molecule has 0 atom stereocenters. The molecule has 0 spiro atoms. The molecule has 0 bridgehead atoms. The number of hydrogen-bond acceptors (Lipinski definition) is 5. The third kappa shape index (κ3) is 5.29.